The Labute approximate surface area is 219 Å². The van der Waals surface area contributed by atoms with Gasteiger partial charge in [-0.25, -0.2) is 0 Å². The highest BCUT2D eigenvalue weighted by Gasteiger charge is 2.35. The van der Waals surface area contributed by atoms with Gasteiger partial charge in [0, 0.05) is 0 Å². The lowest BCUT2D eigenvalue weighted by atomic mass is 9.82. The van der Waals surface area contributed by atoms with E-state index in [4.69, 9.17) is 4.74 Å². The maximum Gasteiger partial charge on any atom is 0.326 e. The fourth-order valence-corrected chi connectivity index (χ4v) is 5.16. The number of carbonyl (C=O) groups excluding carboxylic acids is 1. The monoisotopic (exact) mass is 487 g/mol. The van der Waals surface area contributed by atoms with Gasteiger partial charge in [0.05, 0.1) is 6.07 Å². The number of aryl methyl sites for hydroxylation is 1. The van der Waals surface area contributed by atoms with E-state index in [1.807, 2.05) is 6.92 Å². The standard InChI is InChI=1S/C33H45NO2/c1-4-6-7-8-9-10-11-12-26-13-15-27(16-14-26)28-17-19-29(20-18-28)30-21-23-31(24-22-30)36-32(35)33(3,5-2)25-34/h13-20,30-31H,4-12,21-24H2,1-3H3. The second-order valence-electron chi connectivity index (χ2n) is 10.9. The van der Waals surface area contributed by atoms with Gasteiger partial charge < -0.3 is 4.74 Å². The first-order valence-electron chi connectivity index (χ1n) is 14.3. The van der Waals surface area contributed by atoms with Crippen molar-refractivity contribution in [2.24, 2.45) is 5.41 Å². The highest BCUT2D eigenvalue weighted by atomic mass is 16.5. The number of hydrogen-bond donors (Lipinski definition) is 0. The minimum Gasteiger partial charge on any atom is -0.461 e. The van der Waals surface area contributed by atoms with Crippen LogP contribution in [0.5, 0.6) is 0 Å². The van der Waals surface area contributed by atoms with Crippen LogP contribution in [0.2, 0.25) is 0 Å². The molecule has 0 heterocycles. The Bertz CT molecular complexity index is 964. The summed E-state index contributed by atoms with van der Waals surface area (Å²) >= 11 is 0. The molecule has 3 heteroatoms. The fraction of sp³-hybridized carbons (Fsp3) is 0.576. The van der Waals surface area contributed by atoms with Gasteiger partial charge in [0.25, 0.3) is 0 Å². The first-order valence-corrected chi connectivity index (χ1v) is 14.3. The molecule has 0 bridgehead atoms. The number of nitrogens with zero attached hydrogens (tertiary/aromatic N) is 1. The molecule has 0 aliphatic heterocycles. The number of benzene rings is 2. The summed E-state index contributed by atoms with van der Waals surface area (Å²) in [7, 11) is 0. The highest BCUT2D eigenvalue weighted by molar-refractivity contribution is 5.79. The number of ether oxygens (including phenoxy) is 1. The van der Waals surface area contributed by atoms with Gasteiger partial charge in [-0.3, -0.25) is 4.79 Å². The van der Waals surface area contributed by atoms with E-state index in [0.717, 1.165) is 25.7 Å². The largest absolute Gasteiger partial charge is 0.461 e. The van der Waals surface area contributed by atoms with Crippen LogP contribution in [0.15, 0.2) is 48.5 Å². The highest BCUT2D eigenvalue weighted by Crippen LogP contribution is 2.36. The second kappa shape index (κ2) is 14.2. The van der Waals surface area contributed by atoms with Crippen LogP contribution in [0.25, 0.3) is 11.1 Å². The third-order valence-electron chi connectivity index (χ3n) is 8.09. The predicted octanol–water partition coefficient (Wildman–Crippen LogP) is 9.16. The normalized spacial score (nSPS) is 19.3. The molecule has 1 aliphatic carbocycles. The van der Waals surface area contributed by atoms with E-state index in [2.05, 4.69) is 61.5 Å². The smallest absolute Gasteiger partial charge is 0.326 e. The summed E-state index contributed by atoms with van der Waals surface area (Å²) < 4.78 is 5.70. The zero-order valence-corrected chi connectivity index (χ0v) is 22.7. The third kappa shape index (κ3) is 7.95. The molecule has 194 valence electrons. The molecule has 1 atom stereocenters. The molecule has 36 heavy (non-hydrogen) atoms. The van der Waals surface area contributed by atoms with E-state index >= 15 is 0 Å². The Hall–Kier alpha value is -2.60. The first kappa shape index (κ1) is 28.0. The van der Waals surface area contributed by atoms with Crippen molar-refractivity contribution in [1.82, 2.24) is 0 Å². The van der Waals surface area contributed by atoms with Crippen LogP contribution >= 0.6 is 0 Å². The van der Waals surface area contributed by atoms with E-state index < -0.39 is 5.41 Å². The van der Waals surface area contributed by atoms with Gasteiger partial charge in [-0.15, -0.1) is 0 Å². The van der Waals surface area contributed by atoms with E-state index in [1.54, 1.807) is 6.92 Å². The SMILES string of the molecule is CCCCCCCCCc1ccc(-c2ccc(C3CCC(OC(=O)C(C)(C#N)CC)CC3)cc2)cc1. The molecule has 0 amide bonds. The van der Waals surface area contributed by atoms with Crippen LogP contribution in [-0.4, -0.2) is 12.1 Å². The number of hydrogen-bond acceptors (Lipinski definition) is 3. The topological polar surface area (TPSA) is 50.1 Å². The van der Waals surface area contributed by atoms with Crippen LogP contribution in [-0.2, 0) is 16.0 Å². The Balaban J connectivity index is 1.44. The maximum absolute atomic E-state index is 12.4. The Morgan fingerprint density at radius 3 is 1.97 bits per heavy atom. The molecule has 0 N–H and O–H groups in total. The van der Waals surface area contributed by atoms with Gasteiger partial charge in [-0.05, 0) is 80.0 Å². The van der Waals surface area contributed by atoms with Crippen molar-refractivity contribution in [2.75, 3.05) is 0 Å². The average Bonchev–Trinajstić information content (AvgIpc) is 2.93. The fourth-order valence-electron chi connectivity index (χ4n) is 5.16. The van der Waals surface area contributed by atoms with Gasteiger partial charge in [0.2, 0.25) is 0 Å². The maximum atomic E-state index is 12.4. The van der Waals surface area contributed by atoms with Crippen LogP contribution in [0.1, 0.15) is 115 Å². The minimum absolute atomic E-state index is 0.0631. The van der Waals surface area contributed by atoms with Gasteiger partial charge in [0.1, 0.15) is 6.10 Å². The molecular weight excluding hydrogens is 442 g/mol. The quantitative estimate of drug-likeness (QED) is 0.209. The van der Waals surface area contributed by atoms with Crippen molar-refractivity contribution in [3.05, 3.63) is 59.7 Å². The second-order valence-corrected chi connectivity index (χ2v) is 10.9. The number of nitriles is 1. The van der Waals surface area contributed by atoms with E-state index in [-0.39, 0.29) is 12.1 Å². The molecule has 3 rings (SSSR count). The summed E-state index contributed by atoms with van der Waals surface area (Å²) in [5, 5.41) is 9.32. The lowest BCUT2D eigenvalue weighted by molar-refractivity contribution is -0.159. The van der Waals surface area contributed by atoms with Gasteiger partial charge >= 0.3 is 5.97 Å². The Morgan fingerprint density at radius 2 is 1.42 bits per heavy atom. The van der Waals surface area contributed by atoms with Crippen molar-refractivity contribution in [3.8, 4) is 17.2 Å². The summed E-state index contributed by atoms with van der Waals surface area (Å²) in [6, 6.07) is 20.2. The minimum atomic E-state index is -1.03. The van der Waals surface area contributed by atoms with Crippen LogP contribution in [0.4, 0.5) is 0 Å². The zero-order chi connectivity index (χ0) is 25.8. The van der Waals surface area contributed by atoms with Gasteiger partial charge in [-0.2, -0.15) is 5.26 Å². The Kier molecular flexibility index (Phi) is 11.1. The molecule has 1 fully saturated rings. The van der Waals surface area contributed by atoms with Crippen molar-refractivity contribution in [2.45, 2.75) is 116 Å². The molecule has 0 radical (unpaired) electrons. The predicted molar refractivity (Wildman–Crippen MR) is 149 cm³/mol. The van der Waals surface area contributed by atoms with Crippen LogP contribution < -0.4 is 0 Å². The van der Waals surface area contributed by atoms with Crippen LogP contribution in [0.3, 0.4) is 0 Å². The summed E-state index contributed by atoms with van der Waals surface area (Å²) in [5.41, 5.74) is 4.32. The van der Waals surface area contributed by atoms with Crippen molar-refractivity contribution in [1.29, 1.82) is 5.26 Å². The molecule has 1 saturated carbocycles. The van der Waals surface area contributed by atoms with Gasteiger partial charge in [0.15, 0.2) is 5.41 Å². The average molecular weight is 488 g/mol. The molecule has 1 aliphatic rings. The number of carbonyl (C=O) groups is 1. The molecule has 2 aromatic carbocycles. The van der Waals surface area contributed by atoms with Crippen molar-refractivity contribution < 1.29 is 9.53 Å². The summed E-state index contributed by atoms with van der Waals surface area (Å²) in [5.74, 6) is 0.139. The van der Waals surface area contributed by atoms with Gasteiger partial charge in [-0.1, -0.05) is 101 Å². The number of unbranched alkanes of at least 4 members (excludes halogenated alkanes) is 6. The molecule has 2 aromatic rings. The van der Waals surface area contributed by atoms with Crippen LogP contribution in [0, 0.1) is 16.7 Å². The number of rotatable bonds is 13. The molecule has 3 nitrogen and oxygen atoms in total. The lowest BCUT2D eigenvalue weighted by Crippen LogP contribution is -2.33. The molecule has 0 spiro atoms. The third-order valence-corrected chi connectivity index (χ3v) is 8.09. The van der Waals surface area contributed by atoms with E-state index in [9.17, 15) is 10.1 Å². The van der Waals surface area contributed by atoms with Crippen molar-refractivity contribution in [3.63, 3.8) is 0 Å². The number of esters is 1. The summed E-state index contributed by atoms with van der Waals surface area (Å²) in [6.45, 7) is 5.80. The first-order chi connectivity index (χ1) is 17.5. The lowest BCUT2D eigenvalue weighted by Gasteiger charge is -2.30. The van der Waals surface area contributed by atoms with E-state index in [1.165, 1.54) is 73.6 Å². The zero-order valence-electron chi connectivity index (χ0n) is 22.7. The Morgan fingerprint density at radius 1 is 0.861 bits per heavy atom. The van der Waals surface area contributed by atoms with Crippen molar-refractivity contribution >= 4 is 5.97 Å². The van der Waals surface area contributed by atoms with E-state index in [0.29, 0.717) is 12.3 Å². The molecular formula is C33H45NO2. The molecule has 0 saturated heterocycles. The summed E-state index contributed by atoms with van der Waals surface area (Å²) in [6.07, 6.45) is 14.8. The summed E-state index contributed by atoms with van der Waals surface area (Å²) in [4.78, 5) is 12.4. The molecule has 0 aromatic heterocycles. The molecule has 1 unspecified atom stereocenters.